The minimum Gasteiger partial charge on any atom is -0.271 e. The number of benzene rings is 1. The SMILES string of the molecule is [CH2]N(OCC)C(=O)c1ccccc1. The van der Waals surface area contributed by atoms with Crippen LogP contribution in [0.2, 0.25) is 0 Å². The molecular weight excluding hydrogens is 166 g/mol. The van der Waals surface area contributed by atoms with Crippen molar-refractivity contribution in [2.24, 2.45) is 0 Å². The molecule has 0 bridgehead atoms. The Morgan fingerprint density at radius 3 is 2.62 bits per heavy atom. The maximum atomic E-state index is 11.5. The summed E-state index contributed by atoms with van der Waals surface area (Å²) < 4.78 is 0. The fourth-order valence-corrected chi connectivity index (χ4v) is 0.939. The fourth-order valence-electron chi connectivity index (χ4n) is 0.939. The first kappa shape index (κ1) is 9.74. The van der Waals surface area contributed by atoms with Crippen molar-refractivity contribution < 1.29 is 9.63 Å². The number of carbonyl (C=O) groups excluding carboxylic acids is 1. The molecule has 1 radical (unpaired) electrons. The van der Waals surface area contributed by atoms with Crippen LogP contribution in [0.4, 0.5) is 0 Å². The summed E-state index contributed by atoms with van der Waals surface area (Å²) in [6, 6.07) is 8.89. The number of hydrogen-bond donors (Lipinski definition) is 0. The molecule has 0 unspecified atom stereocenters. The van der Waals surface area contributed by atoms with E-state index in [1.54, 1.807) is 31.2 Å². The second-order valence-corrected chi connectivity index (χ2v) is 2.47. The van der Waals surface area contributed by atoms with Crippen molar-refractivity contribution in [1.29, 1.82) is 0 Å². The van der Waals surface area contributed by atoms with Crippen LogP contribution in [0, 0.1) is 7.05 Å². The van der Waals surface area contributed by atoms with Crippen LogP contribution in [0.5, 0.6) is 0 Å². The minimum atomic E-state index is -0.234. The van der Waals surface area contributed by atoms with Gasteiger partial charge < -0.3 is 0 Å². The molecule has 3 heteroatoms. The van der Waals surface area contributed by atoms with Crippen molar-refractivity contribution in [3.8, 4) is 0 Å². The van der Waals surface area contributed by atoms with Crippen molar-refractivity contribution in [3.05, 3.63) is 42.9 Å². The maximum absolute atomic E-state index is 11.5. The summed E-state index contributed by atoms with van der Waals surface area (Å²) in [5, 5.41) is 0.995. The third-order valence-corrected chi connectivity index (χ3v) is 1.53. The van der Waals surface area contributed by atoms with E-state index in [-0.39, 0.29) is 5.91 Å². The molecule has 0 spiro atoms. The maximum Gasteiger partial charge on any atom is 0.277 e. The lowest BCUT2D eigenvalue weighted by atomic mass is 10.2. The molecule has 1 rings (SSSR count). The quantitative estimate of drug-likeness (QED) is 0.661. The fraction of sp³-hybridized carbons (Fsp3) is 0.200. The normalized spacial score (nSPS) is 9.69. The zero-order valence-corrected chi connectivity index (χ0v) is 7.56. The molecule has 0 aliphatic carbocycles. The Labute approximate surface area is 77.9 Å². The van der Waals surface area contributed by atoms with Gasteiger partial charge in [-0.05, 0) is 19.1 Å². The highest BCUT2D eigenvalue weighted by Gasteiger charge is 2.10. The van der Waals surface area contributed by atoms with Crippen molar-refractivity contribution in [2.45, 2.75) is 6.92 Å². The summed E-state index contributed by atoms with van der Waals surface area (Å²) in [6.07, 6.45) is 0. The lowest BCUT2D eigenvalue weighted by Gasteiger charge is -2.14. The first-order chi connectivity index (χ1) is 6.25. The molecule has 1 aromatic rings. The van der Waals surface area contributed by atoms with E-state index in [4.69, 9.17) is 4.84 Å². The number of hydroxylamine groups is 2. The van der Waals surface area contributed by atoms with Crippen molar-refractivity contribution in [2.75, 3.05) is 6.61 Å². The molecule has 1 aromatic carbocycles. The van der Waals surface area contributed by atoms with E-state index >= 15 is 0 Å². The molecule has 0 fully saturated rings. The standard InChI is InChI=1S/C10H12NO2/c1-3-13-11(2)10(12)9-7-5-4-6-8-9/h4-8H,2-3H2,1H3. The Kier molecular flexibility index (Phi) is 3.46. The second-order valence-electron chi connectivity index (χ2n) is 2.47. The lowest BCUT2D eigenvalue weighted by molar-refractivity contribution is -0.0861. The van der Waals surface area contributed by atoms with E-state index < -0.39 is 0 Å². The van der Waals surface area contributed by atoms with Crippen LogP contribution in [0.15, 0.2) is 30.3 Å². The van der Waals surface area contributed by atoms with Crippen LogP contribution in [-0.4, -0.2) is 17.6 Å². The average molecular weight is 178 g/mol. The zero-order chi connectivity index (χ0) is 9.68. The number of rotatable bonds is 3. The topological polar surface area (TPSA) is 29.5 Å². The summed E-state index contributed by atoms with van der Waals surface area (Å²) in [5.74, 6) is -0.234. The smallest absolute Gasteiger partial charge is 0.271 e. The van der Waals surface area contributed by atoms with Crippen molar-refractivity contribution in [3.63, 3.8) is 0 Å². The molecule has 0 N–H and O–H groups in total. The van der Waals surface area contributed by atoms with Gasteiger partial charge >= 0.3 is 0 Å². The average Bonchev–Trinajstić information content (AvgIpc) is 2.18. The molecule has 0 heterocycles. The molecule has 69 valence electrons. The van der Waals surface area contributed by atoms with E-state index in [2.05, 4.69) is 7.05 Å². The van der Waals surface area contributed by atoms with Crippen LogP contribution >= 0.6 is 0 Å². The van der Waals surface area contributed by atoms with Crippen LogP contribution in [0.3, 0.4) is 0 Å². The molecule has 13 heavy (non-hydrogen) atoms. The van der Waals surface area contributed by atoms with E-state index in [0.717, 1.165) is 5.06 Å². The van der Waals surface area contributed by atoms with E-state index in [1.807, 2.05) is 6.07 Å². The highest BCUT2D eigenvalue weighted by atomic mass is 16.7. The first-order valence-electron chi connectivity index (χ1n) is 4.08. The molecule has 0 atom stereocenters. The van der Waals surface area contributed by atoms with Crippen LogP contribution < -0.4 is 0 Å². The summed E-state index contributed by atoms with van der Waals surface area (Å²) in [5.41, 5.74) is 0.575. The van der Waals surface area contributed by atoms with E-state index in [0.29, 0.717) is 12.2 Å². The molecule has 0 aliphatic rings. The monoisotopic (exact) mass is 178 g/mol. The largest absolute Gasteiger partial charge is 0.277 e. The Balaban J connectivity index is 2.68. The van der Waals surface area contributed by atoms with Gasteiger partial charge in [0.15, 0.2) is 0 Å². The van der Waals surface area contributed by atoms with E-state index in [1.165, 1.54) is 0 Å². The van der Waals surface area contributed by atoms with Crippen LogP contribution in [-0.2, 0) is 4.84 Å². The predicted octanol–water partition coefficient (Wildman–Crippen LogP) is 1.87. The van der Waals surface area contributed by atoms with Gasteiger partial charge in [-0.2, -0.15) is 0 Å². The third-order valence-electron chi connectivity index (χ3n) is 1.53. The van der Waals surface area contributed by atoms with Crippen molar-refractivity contribution >= 4 is 5.91 Å². The van der Waals surface area contributed by atoms with Gasteiger partial charge in [-0.3, -0.25) is 9.63 Å². The second kappa shape index (κ2) is 4.62. The molecule has 1 amide bonds. The number of amides is 1. The molecule has 0 aromatic heterocycles. The van der Waals surface area contributed by atoms with Gasteiger partial charge in [-0.15, -0.1) is 0 Å². The van der Waals surface area contributed by atoms with Crippen LogP contribution in [0.25, 0.3) is 0 Å². The van der Waals surface area contributed by atoms with Gasteiger partial charge in [0.1, 0.15) is 0 Å². The molecule has 0 aliphatic heterocycles. The highest BCUT2D eigenvalue weighted by molar-refractivity contribution is 5.93. The van der Waals surface area contributed by atoms with Gasteiger partial charge in [0.2, 0.25) is 0 Å². The molecule has 0 saturated carbocycles. The Morgan fingerprint density at radius 2 is 2.08 bits per heavy atom. The van der Waals surface area contributed by atoms with E-state index in [9.17, 15) is 4.79 Å². The van der Waals surface area contributed by atoms with Crippen molar-refractivity contribution in [1.82, 2.24) is 5.06 Å². The number of carbonyl (C=O) groups is 1. The summed E-state index contributed by atoms with van der Waals surface area (Å²) in [4.78, 5) is 16.4. The molecule has 3 nitrogen and oxygen atoms in total. The summed E-state index contributed by atoms with van der Waals surface area (Å²) in [7, 11) is 3.47. The van der Waals surface area contributed by atoms with Gasteiger partial charge in [0, 0.05) is 5.56 Å². The third kappa shape index (κ3) is 2.56. The Morgan fingerprint density at radius 1 is 1.46 bits per heavy atom. The predicted molar refractivity (Wildman–Crippen MR) is 49.6 cm³/mol. The molecule has 0 saturated heterocycles. The lowest BCUT2D eigenvalue weighted by Crippen LogP contribution is -2.24. The summed E-state index contributed by atoms with van der Waals surface area (Å²) >= 11 is 0. The van der Waals surface area contributed by atoms with Crippen LogP contribution in [0.1, 0.15) is 17.3 Å². The summed E-state index contributed by atoms with van der Waals surface area (Å²) in [6.45, 7) is 2.23. The number of nitrogens with zero attached hydrogens (tertiary/aromatic N) is 1. The Bertz CT molecular complexity index is 272. The highest BCUT2D eigenvalue weighted by Crippen LogP contribution is 2.03. The molecular formula is C10H12NO2. The van der Waals surface area contributed by atoms with Gasteiger partial charge in [-0.1, -0.05) is 18.2 Å². The Hall–Kier alpha value is -1.35. The zero-order valence-electron chi connectivity index (χ0n) is 7.56. The minimum absolute atomic E-state index is 0.234. The van der Waals surface area contributed by atoms with Gasteiger partial charge in [-0.25, -0.2) is 5.06 Å². The first-order valence-corrected chi connectivity index (χ1v) is 4.08. The van der Waals surface area contributed by atoms with Gasteiger partial charge in [0.05, 0.1) is 13.7 Å². The number of hydrogen-bond acceptors (Lipinski definition) is 2. The van der Waals surface area contributed by atoms with Gasteiger partial charge in [0.25, 0.3) is 5.91 Å².